The first kappa shape index (κ1) is 12.4. The van der Waals surface area contributed by atoms with Gasteiger partial charge >= 0.3 is 0 Å². The van der Waals surface area contributed by atoms with Crippen LogP contribution >= 0.6 is 0 Å². The molecule has 3 aromatic heterocycles. The molecule has 0 radical (unpaired) electrons. The largest absolute Gasteiger partial charge is 0.493 e. The number of H-pyrrole nitrogens is 2. The molecule has 0 atom stereocenters. The van der Waals surface area contributed by atoms with Crippen molar-refractivity contribution in [2.75, 3.05) is 5.32 Å². The summed E-state index contributed by atoms with van der Waals surface area (Å²) in [6.07, 6.45) is 4.90. The maximum atomic E-state index is 9.24. The highest BCUT2D eigenvalue weighted by Crippen LogP contribution is 2.24. The Morgan fingerprint density at radius 2 is 1.95 bits per heavy atom. The topological polar surface area (TPSA) is 103 Å². The second-order valence-corrected chi connectivity index (χ2v) is 4.80. The van der Waals surface area contributed by atoms with Gasteiger partial charge in [0.15, 0.2) is 0 Å². The van der Waals surface area contributed by atoms with Crippen LogP contribution in [0.2, 0.25) is 0 Å². The van der Waals surface area contributed by atoms with Gasteiger partial charge in [-0.1, -0.05) is 12.1 Å². The van der Waals surface area contributed by atoms with Gasteiger partial charge in [0.2, 0.25) is 17.8 Å². The number of imidazole rings is 2. The minimum Gasteiger partial charge on any atom is -0.493 e. The van der Waals surface area contributed by atoms with Crippen molar-refractivity contribution in [2.45, 2.75) is 0 Å². The van der Waals surface area contributed by atoms with Crippen LogP contribution in [0.5, 0.6) is 5.88 Å². The average molecular weight is 292 g/mol. The van der Waals surface area contributed by atoms with E-state index < -0.39 is 0 Å². The van der Waals surface area contributed by atoms with Gasteiger partial charge in [-0.05, 0) is 23.8 Å². The van der Waals surface area contributed by atoms with E-state index in [-0.39, 0.29) is 5.88 Å². The molecule has 7 heteroatoms. The van der Waals surface area contributed by atoms with Gasteiger partial charge in [0.1, 0.15) is 0 Å². The molecule has 0 aliphatic rings. The molecule has 4 N–H and O–H groups in total. The maximum Gasteiger partial charge on any atom is 0.210 e. The van der Waals surface area contributed by atoms with Gasteiger partial charge in [-0.25, -0.2) is 9.97 Å². The van der Waals surface area contributed by atoms with E-state index in [1.54, 1.807) is 6.20 Å². The Kier molecular flexibility index (Phi) is 2.75. The fraction of sp³-hybridized carbons (Fsp3) is 0. The quantitative estimate of drug-likeness (QED) is 0.465. The molecular weight excluding hydrogens is 280 g/mol. The Hall–Kier alpha value is -3.35. The van der Waals surface area contributed by atoms with E-state index in [1.807, 2.05) is 36.5 Å². The zero-order chi connectivity index (χ0) is 14.9. The predicted octanol–water partition coefficient (Wildman–Crippen LogP) is 2.80. The van der Waals surface area contributed by atoms with Crippen LogP contribution in [0.4, 0.5) is 11.9 Å². The van der Waals surface area contributed by atoms with Gasteiger partial charge in [-0.3, -0.25) is 15.3 Å². The van der Waals surface area contributed by atoms with Crippen LogP contribution in [0.3, 0.4) is 0 Å². The molecule has 0 fully saturated rings. The minimum atomic E-state index is -0.00234. The van der Waals surface area contributed by atoms with Crippen molar-refractivity contribution in [2.24, 2.45) is 0 Å². The summed E-state index contributed by atoms with van der Waals surface area (Å²) >= 11 is 0. The lowest BCUT2D eigenvalue weighted by molar-refractivity contribution is 0.457. The highest BCUT2D eigenvalue weighted by Gasteiger charge is 2.07. The standard InChI is InChI=1S/C15H12N6O/c22-13-8-17-14(20-13)21-15-18-11-4-3-9(6-12(11)19-15)10-2-1-5-16-7-10/h1-8,22H,(H3,17,18,19,20,21). The van der Waals surface area contributed by atoms with E-state index in [9.17, 15) is 5.11 Å². The number of nitrogens with one attached hydrogen (secondary N) is 3. The number of aromatic nitrogens is 5. The number of hydrogen-bond donors (Lipinski definition) is 4. The van der Waals surface area contributed by atoms with E-state index >= 15 is 0 Å². The minimum absolute atomic E-state index is 0.00234. The third kappa shape index (κ3) is 2.24. The van der Waals surface area contributed by atoms with Crippen molar-refractivity contribution in [1.82, 2.24) is 24.9 Å². The average Bonchev–Trinajstić information content (AvgIpc) is 3.13. The van der Waals surface area contributed by atoms with Crippen LogP contribution in [0.25, 0.3) is 22.2 Å². The monoisotopic (exact) mass is 292 g/mol. The molecule has 7 nitrogen and oxygen atoms in total. The van der Waals surface area contributed by atoms with E-state index in [0.717, 1.165) is 22.2 Å². The number of aromatic hydroxyl groups is 1. The van der Waals surface area contributed by atoms with Crippen molar-refractivity contribution in [1.29, 1.82) is 0 Å². The summed E-state index contributed by atoms with van der Waals surface area (Å²) in [5.74, 6) is 0.967. The Morgan fingerprint density at radius 1 is 1.00 bits per heavy atom. The first-order valence-corrected chi connectivity index (χ1v) is 6.69. The van der Waals surface area contributed by atoms with Crippen LogP contribution in [-0.4, -0.2) is 30.0 Å². The summed E-state index contributed by atoms with van der Waals surface area (Å²) in [5, 5.41) is 12.2. The van der Waals surface area contributed by atoms with Crippen molar-refractivity contribution < 1.29 is 5.11 Å². The second kappa shape index (κ2) is 4.88. The number of nitrogens with zero attached hydrogens (tertiary/aromatic N) is 3. The molecule has 3 heterocycles. The molecule has 4 aromatic rings. The Labute approximate surface area is 125 Å². The first-order chi connectivity index (χ1) is 10.8. The van der Waals surface area contributed by atoms with Gasteiger partial charge in [0, 0.05) is 18.0 Å². The summed E-state index contributed by atoms with van der Waals surface area (Å²) in [6.45, 7) is 0. The van der Waals surface area contributed by atoms with Crippen molar-refractivity contribution in [3.8, 4) is 17.0 Å². The summed E-state index contributed by atoms with van der Waals surface area (Å²) in [4.78, 5) is 18.4. The van der Waals surface area contributed by atoms with Crippen LogP contribution < -0.4 is 5.32 Å². The van der Waals surface area contributed by atoms with Crippen molar-refractivity contribution in [3.63, 3.8) is 0 Å². The van der Waals surface area contributed by atoms with Gasteiger partial charge in [0.25, 0.3) is 0 Å². The molecule has 0 saturated heterocycles. The molecule has 0 unspecified atom stereocenters. The summed E-state index contributed by atoms with van der Waals surface area (Å²) in [5.41, 5.74) is 3.85. The van der Waals surface area contributed by atoms with Crippen LogP contribution in [-0.2, 0) is 0 Å². The molecule has 0 amide bonds. The lowest BCUT2D eigenvalue weighted by Gasteiger charge is -1.99. The Morgan fingerprint density at radius 3 is 2.73 bits per heavy atom. The fourth-order valence-corrected chi connectivity index (χ4v) is 2.27. The molecule has 108 valence electrons. The number of rotatable bonds is 3. The number of aromatic amines is 2. The zero-order valence-electron chi connectivity index (χ0n) is 11.4. The lowest BCUT2D eigenvalue weighted by atomic mass is 10.1. The summed E-state index contributed by atoms with van der Waals surface area (Å²) < 4.78 is 0. The molecule has 0 saturated carbocycles. The molecule has 22 heavy (non-hydrogen) atoms. The van der Waals surface area contributed by atoms with Gasteiger partial charge in [0.05, 0.1) is 17.2 Å². The first-order valence-electron chi connectivity index (χ1n) is 6.69. The van der Waals surface area contributed by atoms with Crippen LogP contribution in [0, 0.1) is 0 Å². The number of pyridine rings is 1. The van der Waals surface area contributed by atoms with E-state index in [2.05, 4.69) is 30.2 Å². The van der Waals surface area contributed by atoms with Crippen LogP contribution in [0.1, 0.15) is 0 Å². The normalized spacial score (nSPS) is 10.9. The predicted molar refractivity (Wildman–Crippen MR) is 82.9 cm³/mol. The van der Waals surface area contributed by atoms with E-state index in [1.165, 1.54) is 6.20 Å². The van der Waals surface area contributed by atoms with E-state index in [0.29, 0.717) is 11.9 Å². The molecule has 4 rings (SSSR count). The fourth-order valence-electron chi connectivity index (χ4n) is 2.27. The number of anilines is 2. The molecule has 0 aliphatic heterocycles. The smallest absolute Gasteiger partial charge is 0.210 e. The Bertz CT molecular complexity index is 928. The molecule has 0 spiro atoms. The lowest BCUT2D eigenvalue weighted by Crippen LogP contribution is -1.93. The van der Waals surface area contributed by atoms with Gasteiger partial charge in [-0.2, -0.15) is 0 Å². The Balaban J connectivity index is 1.69. The molecular formula is C15H12N6O. The molecule has 0 aliphatic carbocycles. The molecule has 0 bridgehead atoms. The third-order valence-electron chi connectivity index (χ3n) is 3.28. The highest BCUT2D eigenvalue weighted by molar-refractivity contribution is 5.83. The van der Waals surface area contributed by atoms with Crippen LogP contribution in [0.15, 0.2) is 48.9 Å². The second-order valence-electron chi connectivity index (χ2n) is 4.80. The molecule has 1 aromatic carbocycles. The van der Waals surface area contributed by atoms with E-state index in [4.69, 9.17) is 0 Å². The number of hydrogen-bond acceptors (Lipinski definition) is 5. The van der Waals surface area contributed by atoms with Crippen molar-refractivity contribution >= 4 is 22.9 Å². The SMILES string of the molecule is Oc1cnc(Nc2nc3ccc(-c4cccnc4)cc3[nH]2)[nH]1. The van der Waals surface area contributed by atoms with Crippen molar-refractivity contribution in [3.05, 3.63) is 48.9 Å². The maximum absolute atomic E-state index is 9.24. The van der Waals surface area contributed by atoms with Gasteiger partial charge in [-0.15, -0.1) is 0 Å². The number of fused-ring (bicyclic) bond motifs is 1. The summed E-state index contributed by atoms with van der Waals surface area (Å²) in [6, 6.07) is 9.88. The number of benzene rings is 1. The zero-order valence-corrected chi connectivity index (χ0v) is 11.4. The van der Waals surface area contributed by atoms with Gasteiger partial charge < -0.3 is 10.1 Å². The highest BCUT2D eigenvalue weighted by atomic mass is 16.3. The summed E-state index contributed by atoms with van der Waals surface area (Å²) in [7, 11) is 0. The third-order valence-corrected chi connectivity index (χ3v) is 3.28.